The number of aryl methyl sites for hydroxylation is 1. The average Bonchev–Trinajstić information content (AvgIpc) is 3.18. The van der Waals surface area contributed by atoms with Crippen LogP contribution in [0.5, 0.6) is 0 Å². The third-order valence-corrected chi connectivity index (χ3v) is 5.23. The van der Waals surface area contributed by atoms with Crippen molar-refractivity contribution in [3.63, 3.8) is 0 Å². The topological polar surface area (TPSA) is 61.1 Å². The molecule has 3 aromatic rings. The summed E-state index contributed by atoms with van der Waals surface area (Å²) in [4.78, 5) is 8.98. The summed E-state index contributed by atoms with van der Waals surface area (Å²) in [7, 11) is 1.82. The number of halogens is 1. The Bertz CT molecular complexity index is 959. The van der Waals surface area contributed by atoms with Gasteiger partial charge in [0, 0.05) is 58.1 Å². The van der Waals surface area contributed by atoms with Crippen molar-refractivity contribution in [2.24, 2.45) is 4.99 Å². The van der Waals surface area contributed by atoms with Crippen LogP contribution in [0.4, 0.5) is 10.1 Å². The van der Waals surface area contributed by atoms with Gasteiger partial charge in [-0.2, -0.15) is 0 Å². The van der Waals surface area contributed by atoms with Crippen LogP contribution in [0.25, 0.3) is 5.65 Å². The number of hydrogen-bond donors (Lipinski definition) is 1. The lowest BCUT2D eigenvalue weighted by Gasteiger charge is -2.37. The van der Waals surface area contributed by atoms with Gasteiger partial charge in [-0.25, -0.2) is 4.39 Å². The maximum Gasteiger partial charge on any atom is 0.193 e. The molecule has 1 saturated heterocycles. The molecule has 2 aromatic heterocycles. The molecule has 29 heavy (non-hydrogen) atoms. The molecule has 0 unspecified atom stereocenters. The molecule has 0 aliphatic carbocycles. The lowest BCUT2D eigenvalue weighted by Crippen LogP contribution is -2.52. The Morgan fingerprint density at radius 3 is 2.62 bits per heavy atom. The third-order valence-electron chi connectivity index (χ3n) is 5.23. The van der Waals surface area contributed by atoms with Crippen LogP contribution >= 0.6 is 0 Å². The summed E-state index contributed by atoms with van der Waals surface area (Å²) in [6, 6.07) is 12.6. The first-order valence-corrected chi connectivity index (χ1v) is 9.99. The fourth-order valence-corrected chi connectivity index (χ4v) is 3.67. The van der Waals surface area contributed by atoms with Crippen LogP contribution in [0, 0.1) is 5.82 Å². The highest BCUT2D eigenvalue weighted by molar-refractivity contribution is 5.80. The molecule has 0 atom stereocenters. The predicted molar refractivity (Wildman–Crippen MR) is 113 cm³/mol. The van der Waals surface area contributed by atoms with Crippen molar-refractivity contribution in [2.75, 3.05) is 44.7 Å². The molecule has 3 heterocycles. The molecule has 4 rings (SSSR count). The summed E-state index contributed by atoms with van der Waals surface area (Å²) in [6.07, 6.45) is 3.80. The smallest absolute Gasteiger partial charge is 0.193 e. The molecule has 0 bridgehead atoms. The molecular formula is C21H26FN7. The number of anilines is 1. The Kier molecular flexibility index (Phi) is 5.88. The molecule has 0 amide bonds. The second-order valence-electron chi connectivity index (χ2n) is 7.07. The molecule has 1 aromatic carbocycles. The van der Waals surface area contributed by atoms with Gasteiger partial charge in [-0.1, -0.05) is 6.07 Å². The molecule has 7 nitrogen and oxygen atoms in total. The van der Waals surface area contributed by atoms with Crippen LogP contribution in [0.1, 0.15) is 12.2 Å². The van der Waals surface area contributed by atoms with E-state index < -0.39 is 0 Å². The molecule has 1 fully saturated rings. The zero-order chi connectivity index (χ0) is 20.1. The SMILES string of the molecule is CN=C(NCCCc1nnc2ccccn12)N1CCN(c2ccc(F)cc2)CC1. The Morgan fingerprint density at radius 1 is 1.07 bits per heavy atom. The summed E-state index contributed by atoms with van der Waals surface area (Å²) in [5, 5.41) is 11.9. The first-order valence-electron chi connectivity index (χ1n) is 9.99. The van der Waals surface area contributed by atoms with E-state index in [4.69, 9.17) is 0 Å². The van der Waals surface area contributed by atoms with E-state index in [2.05, 4.69) is 30.3 Å². The van der Waals surface area contributed by atoms with Gasteiger partial charge in [0.15, 0.2) is 11.6 Å². The molecule has 1 N–H and O–H groups in total. The maximum atomic E-state index is 13.1. The monoisotopic (exact) mass is 395 g/mol. The lowest BCUT2D eigenvalue weighted by atomic mass is 10.2. The van der Waals surface area contributed by atoms with E-state index in [0.29, 0.717) is 0 Å². The van der Waals surface area contributed by atoms with Crippen LogP contribution in [-0.2, 0) is 6.42 Å². The largest absolute Gasteiger partial charge is 0.368 e. The molecular weight excluding hydrogens is 369 g/mol. The number of rotatable bonds is 5. The molecule has 1 aliphatic heterocycles. The van der Waals surface area contributed by atoms with Gasteiger partial charge in [-0.3, -0.25) is 9.39 Å². The first-order chi connectivity index (χ1) is 14.2. The second kappa shape index (κ2) is 8.89. The number of fused-ring (bicyclic) bond motifs is 1. The second-order valence-corrected chi connectivity index (χ2v) is 7.07. The number of nitrogens with zero attached hydrogens (tertiary/aromatic N) is 6. The summed E-state index contributed by atoms with van der Waals surface area (Å²) in [6.45, 7) is 4.36. The van der Waals surface area contributed by atoms with E-state index in [0.717, 1.165) is 68.7 Å². The van der Waals surface area contributed by atoms with Crippen LogP contribution in [0.15, 0.2) is 53.7 Å². The van der Waals surface area contributed by atoms with Crippen molar-refractivity contribution in [3.8, 4) is 0 Å². The number of aromatic nitrogens is 3. The van der Waals surface area contributed by atoms with E-state index in [1.165, 1.54) is 12.1 Å². The van der Waals surface area contributed by atoms with Gasteiger partial charge >= 0.3 is 0 Å². The molecule has 0 spiro atoms. The summed E-state index contributed by atoms with van der Waals surface area (Å²) >= 11 is 0. The van der Waals surface area contributed by atoms with Crippen molar-refractivity contribution in [1.82, 2.24) is 24.8 Å². The Morgan fingerprint density at radius 2 is 1.86 bits per heavy atom. The number of hydrogen-bond acceptors (Lipinski definition) is 4. The van der Waals surface area contributed by atoms with Gasteiger partial charge in [-0.05, 0) is 42.8 Å². The lowest BCUT2D eigenvalue weighted by molar-refractivity contribution is 0.372. The van der Waals surface area contributed by atoms with Crippen molar-refractivity contribution < 1.29 is 4.39 Å². The van der Waals surface area contributed by atoms with Gasteiger partial charge in [0.1, 0.15) is 11.6 Å². The summed E-state index contributed by atoms with van der Waals surface area (Å²) in [5.41, 5.74) is 1.94. The Labute approximate surface area is 169 Å². The fourth-order valence-electron chi connectivity index (χ4n) is 3.67. The standard InChI is InChI=1S/C21H26FN7/c1-23-21(24-11-4-6-20-26-25-19-5-2-3-12-29(19)20)28-15-13-27(14-16-28)18-9-7-17(22)8-10-18/h2-3,5,7-10,12H,4,6,11,13-16H2,1H3,(H,23,24). The molecule has 0 radical (unpaired) electrons. The highest BCUT2D eigenvalue weighted by Crippen LogP contribution is 2.17. The van der Waals surface area contributed by atoms with Crippen LogP contribution in [0.2, 0.25) is 0 Å². The minimum absolute atomic E-state index is 0.198. The highest BCUT2D eigenvalue weighted by Gasteiger charge is 2.19. The third kappa shape index (κ3) is 4.47. The minimum Gasteiger partial charge on any atom is -0.368 e. The van der Waals surface area contributed by atoms with Gasteiger partial charge in [0.05, 0.1) is 0 Å². The van der Waals surface area contributed by atoms with E-state index in [-0.39, 0.29) is 5.82 Å². The summed E-state index contributed by atoms with van der Waals surface area (Å²) < 4.78 is 15.2. The van der Waals surface area contributed by atoms with E-state index in [9.17, 15) is 4.39 Å². The quantitative estimate of drug-likeness (QED) is 0.408. The number of benzene rings is 1. The number of guanidine groups is 1. The molecule has 152 valence electrons. The predicted octanol–water partition coefficient (Wildman–Crippen LogP) is 2.20. The molecule has 1 aliphatic rings. The Balaban J connectivity index is 1.24. The number of nitrogens with one attached hydrogen (secondary N) is 1. The van der Waals surface area contributed by atoms with E-state index in [1.807, 2.05) is 48.0 Å². The van der Waals surface area contributed by atoms with Crippen molar-refractivity contribution >= 4 is 17.3 Å². The highest BCUT2D eigenvalue weighted by atomic mass is 19.1. The van der Waals surface area contributed by atoms with E-state index >= 15 is 0 Å². The van der Waals surface area contributed by atoms with Crippen LogP contribution in [-0.4, -0.2) is 65.2 Å². The average molecular weight is 395 g/mol. The Hall–Kier alpha value is -3.16. The fraction of sp³-hybridized carbons (Fsp3) is 0.381. The first kappa shape index (κ1) is 19.2. The number of pyridine rings is 1. The number of piperazine rings is 1. The van der Waals surface area contributed by atoms with Gasteiger partial charge in [-0.15, -0.1) is 10.2 Å². The summed E-state index contributed by atoms with van der Waals surface area (Å²) in [5.74, 6) is 1.70. The number of aliphatic imine (C=N–C) groups is 1. The van der Waals surface area contributed by atoms with Crippen molar-refractivity contribution in [1.29, 1.82) is 0 Å². The maximum absolute atomic E-state index is 13.1. The van der Waals surface area contributed by atoms with Gasteiger partial charge in [0.25, 0.3) is 0 Å². The molecule has 8 heteroatoms. The van der Waals surface area contributed by atoms with Crippen molar-refractivity contribution in [3.05, 3.63) is 60.3 Å². The zero-order valence-corrected chi connectivity index (χ0v) is 16.6. The normalized spacial score (nSPS) is 15.2. The minimum atomic E-state index is -0.198. The van der Waals surface area contributed by atoms with Crippen LogP contribution in [0.3, 0.4) is 0 Å². The zero-order valence-electron chi connectivity index (χ0n) is 16.6. The van der Waals surface area contributed by atoms with Gasteiger partial charge < -0.3 is 15.1 Å². The van der Waals surface area contributed by atoms with Crippen LogP contribution < -0.4 is 10.2 Å². The van der Waals surface area contributed by atoms with E-state index in [1.54, 1.807) is 0 Å². The van der Waals surface area contributed by atoms with Gasteiger partial charge in [0.2, 0.25) is 0 Å². The molecule has 0 saturated carbocycles. The van der Waals surface area contributed by atoms with Crippen molar-refractivity contribution in [2.45, 2.75) is 12.8 Å².